The number of unbranched alkanes of at least 4 members (excludes halogenated alkanes) is 3. The predicted molar refractivity (Wildman–Crippen MR) is 88.9 cm³/mol. The summed E-state index contributed by atoms with van der Waals surface area (Å²) in [5, 5.41) is 0. The van der Waals surface area contributed by atoms with Crippen molar-refractivity contribution in [2.45, 2.75) is 71.1 Å². The average molecular weight is 306 g/mol. The van der Waals surface area contributed by atoms with Crippen molar-refractivity contribution >= 4 is 0 Å². The Bertz CT molecular complexity index is 490. The van der Waals surface area contributed by atoms with Crippen LogP contribution in [0.25, 0.3) is 0 Å². The Morgan fingerprint density at radius 1 is 1.05 bits per heavy atom. The van der Waals surface area contributed by atoms with Gasteiger partial charge in [0.2, 0.25) is 0 Å². The van der Waals surface area contributed by atoms with Crippen molar-refractivity contribution in [2.24, 2.45) is 5.92 Å². The molecule has 1 atom stereocenters. The summed E-state index contributed by atoms with van der Waals surface area (Å²) in [4.78, 5) is 0. The van der Waals surface area contributed by atoms with Gasteiger partial charge in [0.05, 0.1) is 0 Å². The zero-order chi connectivity index (χ0) is 15.8. The molecular formula is C20H28F2. The van der Waals surface area contributed by atoms with Gasteiger partial charge in [0.25, 0.3) is 0 Å². The van der Waals surface area contributed by atoms with Crippen LogP contribution in [-0.4, -0.2) is 0 Å². The maximum absolute atomic E-state index is 13.2. The maximum atomic E-state index is 13.2. The van der Waals surface area contributed by atoms with E-state index in [4.69, 9.17) is 0 Å². The van der Waals surface area contributed by atoms with Crippen molar-refractivity contribution in [3.05, 3.63) is 47.0 Å². The number of hydrogen-bond donors (Lipinski definition) is 0. The Morgan fingerprint density at radius 3 is 2.59 bits per heavy atom. The van der Waals surface area contributed by atoms with Crippen LogP contribution in [0.2, 0.25) is 0 Å². The monoisotopic (exact) mass is 306 g/mol. The van der Waals surface area contributed by atoms with Crippen LogP contribution < -0.4 is 0 Å². The molecule has 0 amide bonds. The van der Waals surface area contributed by atoms with E-state index in [1.54, 1.807) is 6.07 Å². The lowest BCUT2D eigenvalue weighted by atomic mass is 9.84. The first-order chi connectivity index (χ1) is 10.7. The second kappa shape index (κ2) is 9.07. The van der Waals surface area contributed by atoms with Gasteiger partial charge in [-0.3, -0.25) is 0 Å². The third kappa shape index (κ3) is 5.55. The van der Waals surface area contributed by atoms with Crippen molar-refractivity contribution in [2.75, 3.05) is 0 Å². The Morgan fingerprint density at radius 2 is 1.91 bits per heavy atom. The lowest BCUT2D eigenvalue weighted by molar-refractivity contribution is 0.411. The van der Waals surface area contributed by atoms with E-state index in [1.165, 1.54) is 69.1 Å². The molecule has 0 aromatic heterocycles. The van der Waals surface area contributed by atoms with E-state index >= 15 is 0 Å². The molecule has 0 radical (unpaired) electrons. The topological polar surface area (TPSA) is 0 Å². The first-order valence-electron chi connectivity index (χ1n) is 8.81. The van der Waals surface area contributed by atoms with Gasteiger partial charge < -0.3 is 0 Å². The zero-order valence-electron chi connectivity index (χ0n) is 13.7. The molecule has 1 aromatic rings. The lowest BCUT2D eigenvalue weighted by Gasteiger charge is -2.22. The fourth-order valence-corrected chi connectivity index (χ4v) is 3.29. The SMILES string of the molecule is CCCCCCC1CC=C(CCc2ccc(F)c(F)c2)CC1. The summed E-state index contributed by atoms with van der Waals surface area (Å²) < 4.78 is 26.1. The molecule has 0 N–H and O–H groups in total. The van der Waals surface area contributed by atoms with Gasteiger partial charge in [-0.1, -0.05) is 56.7 Å². The molecule has 22 heavy (non-hydrogen) atoms. The molecule has 0 saturated heterocycles. The van der Waals surface area contributed by atoms with Crippen molar-refractivity contribution < 1.29 is 8.78 Å². The van der Waals surface area contributed by atoms with E-state index in [9.17, 15) is 8.78 Å². The molecule has 1 unspecified atom stereocenters. The Labute approximate surface area is 133 Å². The van der Waals surface area contributed by atoms with Crippen LogP contribution in [-0.2, 0) is 6.42 Å². The van der Waals surface area contributed by atoms with Crippen molar-refractivity contribution in [1.29, 1.82) is 0 Å². The van der Waals surface area contributed by atoms with Crippen molar-refractivity contribution in [3.8, 4) is 0 Å². The van der Waals surface area contributed by atoms with E-state index in [0.29, 0.717) is 0 Å². The maximum Gasteiger partial charge on any atom is 0.159 e. The molecule has 1 aliphatic carbocycles. The number of halogens is 2. The third-order valence-corrected chi connectivity index (χ3v) is 4.80. The van der Waals surface area contributed by atoms with E-state index in [1.807, 2.05) is 0 Å². The van der Waals surface area contributed by atoms with Crippen LogP contribution >= 0.6 is 0 Å². The second-order valence-corrected chi connectivity index (χ2v) is 6.60. The van der Waals surface area contributed by atoms with Gasteiger partial charge in [-0.25, -0.2) is 8.78 Å². The summed E-state index contributed by atoms with van der Waals surface area (Å²) in [6.07, 6.45) is 14.7. The molecule has 0 nitrogen and oxygen atoms in total. The third-order valence-electron chi connectivity index (χ3n) is 4.80. The van der Waals surface area contributed by atoms with Gasteiger partial charge in [0, 0.05) is 0 Å². The summed E-state index contributed by atoms with van der Waals surface area (Å²) in [5.74, 6) is -0.627. The first kappa shape index (κ1) is 17.2. The van der Waals surface area contributed by atoms with Crippen molar-refractivity contribution in [1.82, 2.24) is 0 Å². The van der Waals surface area contributed by atoms with E-state index < -0.39 is 11.6 Å². The molecule has 0 bridgehead atoms. The Balaban J connectivity index is 1.71. The summed E-state index contributed by atoms with van der Waals surface area (Å²) in [5.41, 5.74) is 2.39. The molecule has 0 spiro atoms. The lowest BCUT2D eigenvalue weighted by Crippen LogP contribution is -2.06. The predicted octanol–water partition coefficient (Wildman–Crippen LogP) is 6.59. The van der Waals surface area contributed by atoms with Crippen LogP contribution in [0.5, 0.6) is 0 Å². The number of rotatable bonds is 8. The summed E-state index contributed by atoms with van der Waals surface area (Å²) in [7, 11) is 0. The molecule has 2 heteroatoms. The van der Waals surface area contributed by atoms with Gasteiger partial charge in [-0.15, -0.1) is 0 Å². The van der Waals surface area contributed by atoms with E-state index in [0.717, 1.165) is 24.3 Å². The molecule has 1 aromatic carbocycles. The number of hydrogen-bond acceptors (Lipinski definition) is 0. The fraction of sp³-hybridized carbons (Fsp3) is 0.600. The zero-order valence-corrected chi connectivity index (χ0v) is 13.7. The highest BCUT2D eigenvalue weighted by Crippen LogP contribution is 2.30. The first-order valence-corrected chi connectivity index (χ1v) is 8.81. The van der Waals surface area contributed by atoms with Crippen molar-refractivity contribution in [3.63, 3.8) is 0 Å². The minimum absolute atomic E-state index is 0.734. The van der Waals surface area contributed by atoms with Crippen LogP contribution in [0.3, 0.4) is 0 Å². The van der Waals surface area contributed by atoms with E-state index in [2.05, 4.69) is 13.0 Å². The average Bonchev–Trinajstić information content (AvgIpc) is 2.54. The summed E-state index contributed by atoms with van der Waals surface area (Å²) >= 11 is 0. The number of allylic oxidation sites excluding steroid dienone is 2. The molecule has 0 fully saturated rings. The second-order valence-electron chi connectivity index (χ2n) is 6.60. The minimum Gasteiger partial charge on any atom is -0.204 e. The van der Waals surface area contributed by atoms with Crippen LogP contribution in [0.1, 0.15) is 70.3 Å². The van der Waals surface area contributed by atoms with Gasteiger partial charge in [0.1, 0.15) is 0 Å². The smallest absolute Gasteiger partial charge is 0.159 e. The largest absolute Gasteiger partial charge is 0.204 e. The molecule has 0 aliphatic heterocycles. The van der Waals surface area contributed by atoms with Crippen LogP contribution in [0.4, 0.5) is 8.78 Å². The molecule has 0 heterocycles. The standard InChI is InChI=1S/C20H28F2/c1-2-3-4-5-6-16-7-9-17(10-8-16)11-12-18-13-14-19(21)20(22)15-18/h9,13-16H,2-8,10-12H2,1H3. The summed E-state index contributed by atoms with van der Waals surface area (Å²) in [6.45, 7) is 2.25. The van der Waals surface area contributed by atoms with Crippen LogP contribution in [0.15, 0.2) is 29.8 Å². The van der Waals surface area contributed by atoms with E-state index in [-0.39, 0.29) is 0 Å². The molecular weight excluding hydrogens is 278 g/mol. The highest BCUT2D eigenvalue weighted by Gasteiger charge is 2.14. The molecule has 122 valence electrons. The van der Waals surface area contributed by atoms with Gasteiger partial charge in [-0.2, -0.15) is 0 Å². The highest BCUT2D eigenvalue weighted by atomic mass is 19.2. The molecule has 0 saturated carbocycles. The molecule has 2 rings (SSSR count). The fourth-order valence-electron chi connectivity index (χ4n) is 3.29. The Hall–Kier alpha value is -1.18. The quantitative estimate of drug-likeness (QED) is 0.375. The van der Waals surface area contributed by atoms with Gasteiger partial charge in [-0.05, 0) is 55.7 Å². The normalized spacial score (nSPS) is 18.3. The number of aryl methyl sites for hydroxylation is 1. The van der Waals surface area contributed by atoms with Gasteiger partial charge >= 0.3 is 0 Å². The Kier molecular flexibility index (Phi) is 7.08. The minimum atomic E-state index is -0.758. The number of benzene rings is 1. The molecule has 1 aliphatic rings. The highest BCUT2D eigenvalue weighted by molar-refractivity contribution is 5.19. The van der Waals surface area contributed by atoms with Gasteiger partial charge in [0.15, 0.2) is 11.6 Å². The summed E-state index contributed by atoms with van der Waals surface area (Å²) in [6, 6.07) is 4.25. The van der Waals surface area contributed by atoms with Crippen LogP contribution in [0, 0.1) is 17.6 Å².